The monoisotopic (exact) mass is 272 g/mol. The van der Waals surface area contributed by atoms with Gasteiger partial charge >= 0.3 is 0 Å². The molecule has 2 aliphatic rings. The van der Waals surface area contributed by atoms with E-state index in [-0.39, 0.29) is 25.6 Å². The Balaban J connectivity index is 2.03. The highest BCUT2D eigenvalue weighted by Crippen LogP contribution is 2.41. The van der Waals surface area contributed by atoms with Gasteiger partial charge in [0.25, 0.3) is 0 Å². The first-order valence-corrected chi connectivity index (χ1v) is 6.94. The summed E-state index contributed by atoms with van der Waals surface area (Å²) in [5, 5.41) is 9.46. The van der Waals surface area contributed by atoms with Crippen molar-refractivity contribution in [3.63, 3.8) is 0 Å². The van der Waals surface area contributed by atoms with Crippen molar-refractivity contribution in [1.82, 2.24) is 0 Å². The maximum absolute atomic E-state index is 9.46. The zero-order valence-electron chi connectivity index (χ0n) is 11.5. The summed E-state index contributed by atoms with van der Waals surface area (Å²) >= 11 is 0. The van der Waals surface area contributed by atoms with E-state index in [0.717, 1.165) is 25.7 Å². The second-order valence-electron chi connectivity index (χ2n) is 5.17. The van der Waals surface area contributed by atoms with Gasteiger partial charge in [-0.05, 0) is 12.8 Å². The van der Waals surface area contributed by atoms with Crippen LogP contribution < -0.4 is 0 Å². The molecule has 2 rings (SSSR count). The summed E-state index contributed by atoms with van der Waals surface area (Å²) in [5.41, 5.74) is 0. The summed E-state index contributed by atoms with van der Waals surface area (Å²) in [6.07, 6.45) is 5.95. The zero-order valence-corrected chi connectivity index (χ0v) is 11.5. The van der Waals surface area contributed by atoms with Gasteiger partial charge in [-0.2, -0.15) is 0 Å². The topological polar surface area (TPSA) is 57.2 Å². The lowest BCUT2D eigenvalue weighted by Crippen LogP contribution is -2.40. The van der Waals surface area contributed by atoms with Gasteiger partial charge in [-0.25, -0.2) is 0 Å². The Kier molecular flexibility index (Phi) is 5.36. The molecule has 2 fully saturated rings. The lowest BCUT2D eigenvalue weighted by atomic mass is 9.94. The highest BCUT2D eigenvalue weighted by atomic mass is 16.8. The van der Waals surface area contributed by atoms with E-state index >= 15 is 0 Å². The van der Waals surface area contributed by atoms with Crippen molar-refractivity contribution in [2.24, 2.45) is 0 Å². The largest absolute Gasteiger partial charge is 0.394 e. The summed E-state index contributed by atoms with van der Waals surface area (Å²) in [4.78, 5) is 0. The van der Waals surface area contributed by atoms with Crippen LogP contribution in [0.1, 0.15) is 32.1 Å². The maximum atomic E-state index is 9.46. The van der Waals surface area contributed by atoms with Crippen molar-refractivity contribution in [3.8, 4) is 0 Å². The molecule has 1 heterocycles. The Hall–Kier alpha value is -0.460. The van der Waals surface area contributed by atoms with Gasteiger partial charge in [0.2, 0.25) is 0 Å². The number of hydrogen-bond acceptors (Lipinski definition) is 5. The smallest absolute Gasteiger partial charge is 0.169 e. The number of methoxy groups -OCH3 is 1. The lowest BCUT2D eigenvalue weighted by Gasteiger charge is -2.32. The molecular weight excluding hydrogens is 248 g/mol. The molecule has 19 heavy (non-hydrogen) atoms. The second-order valence-corrected chi connectivity index (χ2v) is 5.17. The van der Waals surface area contributed by atoms with Crippen molar-refractivity contribution < 1.29 is 24.1 Å². The van der Waals surface area contributed by atoms with E-state index in [1.807, 2.05) is 0 Å². The quantitative estimate of drug-likeness (QED) is 0.588. The van der Waals surface area contributed by atoms with Crippen LogP contribution in [0.2, 0.25) is 0 Å². The maximum Gasteiger partial charge on any atom is 0.169 e. The van der Waals surface area contributed by atoms with Crippen LogP contribution in [0.25, 0.3) is 0 Å². The van der Waals surface area contributed by atoms with Crippen LogP contribution in [0, 0.1) is 0 Å². The molecule has 110 valence electrons. The molecule has 3 atom stereocenters. The zero-order chi connectivity index (χ0) is 13.7. The molecule has 0 radical (unpaired) electrons. The van der Waals surface area contributed by atoms with Crippen molar-refractivity contribution in [2.45, 2.75) is 56.2 Å². The van der Waals surface area contributed by atoms with Gasteiger partial charge in [0.1, 0.15) is 25.1 Å². The number of aliphatic hydroxyl groups excluding tert-OH is 1. The Morgan fingerprint density at radius 3 is 2.68 bits per heavy atom. The highest BCUT2D eigenvalue weighted by Gasteiger charge is 2.49. The van der Waals surface area contributed by atoms with Gasteiger partial charge in [0.15, 0.2) is 5.79 Å². The number of ether oxygens (including phenoxy) is 4. The minimum Gasteiger partial charge on any atom is -0.394 e. The fraction of sp³-hybridized carbons (Fsp3) is 0.857. The van der Waals surface area contributed by atoms with Crippen LogP contribution in [-0.4, -0.2) is 49.7 Å². The van der Waals surface area contributed by atoms with Gasteiger partial charge < -0.3 is 24.1 Å². The minimum absolute atomic E-state index is 0.127. The lowest BCUT2D eigenvalue weighted by molar-refractivity contribution is -0.208. The second kappa shape index (κ2) is 6.81. The average Bonchev–Trinajstić information content (AvgIpc) is 2.79. The minimum atomic E-state index is -0.508. The molecule has 0 aromatic carbocycles. The van der Waals surface area contributed by atoms with E-state index in [0.29, 0.717) is 0 Å². The molecule has 0 aromatic rings. The Bertz CT molecular complexity index is 288. The molecule has 1 aliphatic carbocycles. The third-order valence-electron chi connectivity index (χ3n) is 3.82. The molecule has 1 saturated carbocycles. The molecule has 1 saturated heterocycles. The van der Waals surface area contributed by atoms with E-state index < -0.39 is 11.9 Å². The van der Waals surface area contributed by atoms with Crippen LogP contribution in [-0.2, 0) is 18.9 Å². The number of aliphatic hydroxyl groups is 1. The fourth-order valence-corrected chi connectivity index (χ4v) is 2.86. The van der Waals surface area contributed by atoms with Crippen molar-refractivity contribution in [1.29, 1.82) is 0 Å². The van der Waals surface area contributed by atoms with E-state index in [9.17, 15) is 5.11 Å². The standard InChI is InChI=1S/C14H24O5/c1-3-11-13(12(9-15)17-10-16-2)19-14(18-11)7-5-4-6-8-14/h3,11-13,15H,1,4-10H2,2H3/t11-,12+,13-/m0/s1. The molecule has 1 aliphatic heterocycles. The molecule has 0 amide bonds. The summed E-state index contributed by atoms with van der Waals surface area (Å²) in [5.74, 6) is -0.508. The van der Waals surface area contributed by atoms with E-state index in [1.165, 1.54) is 6.42 Å². The van der Waals surface area contributed by atoms with Crippen molar-refractivity contribution >= 4 is 0 Å². The molecule has 0 aromatic heterocycles. The molecule has 5 nitrogen and oxygen atoms in total. The van der Waals surface area contributed by atoms with Crippen LogP contribution in [0.5, 0.6) is 0 Å². The number of hydrogen-bond donors (Lipinski definition) is 1. The molecule has 1 spiro atoms. The first-order valence-electron chi connectivity index (χ1n) is 6.94. The van der Waals surface area contributed by atoms with Gasteiger partial charge in [-0.3, -0.25) is 0 Å². The van der Waals surface area contributed by atoms with Crippen molar-refractivity contribution in [3.05, 3.63) is 12.7 Å². The van der Waals surface area contributed by atoms with Crippen LogP contribution in [0.3, 0.4) is 0 Å². The van der Waals surface area contributed by atoms with Crippen LogP contribution in [0.15, 0.2) is 12.7 Å². The van der Waals surface area contributed by atoms with Crippen LogP contribution >= 0.6 is 0 Å². The molecule has 0 unspecified atom stereocenters. The highest BCUT2D eigenvalue weighted by molar-refractivity contribution is 4.99. The first-order chi connectivity index (χ1) is 9.24. The normalized spacial score (nSPS) is 31.5. The van der Waals surface area contributed by atoms with Gasteiger partial charge in [-0.1, -0.05) is 12.5 Å². The summed E-state index contributed by atoms with van der Waals surface area (Å²) in [6.45, 7) is 3.79. The van der Waals surface area contributed by atoms with Gasteiger partial charge in [0, 0.05) is 20.0 Å². The van der Waals surface area contributed by atoms with E-state index in [1.54, 1.807) is 13.2 Å². The summed E-state index contributed by atoms with van der Waals surface area (Å²) < 4.78 is 22.5. The summed E-state index contributed by atoms with van der Waals surface area (Å²) in [7, 11) is 1.55. The predicted molar refractivity (Wildman–Crippen MR) is 69.6 cm³/mol. The Labute approximate surface area is 114 Å². The van der Waals surface area contributed by atoms with Crippen molar-refractivity contribution in [2.75, 3.05) is 20.5 Å². The third kappa shape index (κ3) is 3.35. The molecule has 5 heteroatoms. The SMILES string of the molecule is C=C[C@@H]1OC2(CCCCC2)O[C@@H]1[C@@H](CO)OCOC. The fourth-order valence-electron chi connectivity index (χ4n) is 2.86. The third-order valence-corrected chi connectivity index (χ3v) is 3.82. The molecular formula is C14H24O5. The van der Waals surface area contributed by atoms with E-state index in [4.69, 9.17) is 18.9 Å². The average molecular weight is 272 g/mol. The van der Waals surface area contributed by atoms with E-state index in [2.05, 4.69) is 6.58 Å². The predicted octanol–water partition coefficient (Wildman–Crippen LogP) is 1.60. The Morgan fingerprint density at radius 2 is 2.11 bits per heavy atom. The van der Waals surface area contributed by atoms with Gasteiger partial charge in [-0.15, -0.1) is 6.58 Å². The molecule has 0 bridgehead atoms. The number of rotatable bonds is 6. The summed E-state index contributed by atoms with van der Waals surface area (Å²) in [6, 6.07) is 0. The van der Waals surface area contributed by atoms with Gasteiger partial charge in [0.05, 0.1) is 6.61 Å². The molecule has 1 N–H and O–H groups in total. The Morgan fingerprint density at radius 1 is 1.37 bits per heavy atom. The first kappa shape index (κ1) is 14.9. The van der Waals surface area contributed by atoms with Crippen LogP contribution in [0.4, 0.5) is 0 Å².